The van der Waals surface area contributed by atoms with Gasteiger partial charge in [-0.1, -0.05) is 78.9 Å². The van der Waals surface area contributed by atoms with Crippen LogP contribution in [0.1, 0.15) is 18.4 Å². The Kier molecular flexibility index (Phi) is 5.20. The van der Waals surface area contributed by atoms with Crippen LogP contribution in [-0.4, -0.2) is 23.9 Å². The molecule has 0 spiro atoms. The van der Waals surface area contributed by atoms with Crippen LogP contribution in [0.4, 0.5) is 5.69 Å². The van der Waals surface area contributed by atoms with Gasteiger partial charge in [-0.05, 0) is 47.2 Å². The third-order valence-corrected chi connectivity index (χ3v) is 6.20. The van der Waals surface area contributed by atoms with Crippen molar-refractivity contribution >= 4 is 33.1 Å². The monoisotopic (exact) mass is 394 g/mol. The van der Waals surface area contributed by atoms with E-state index < -0.39 is 0 Å². The summed E-state index contributed by atoms with van der Waals surface area (Å²) >= 11 is 0. The minimum Gasteiger partial charge on any atom is -0.325 e. The molecule has 30 heavy (non-hydrogen) atoms. The lowest BCUT2D eigenvalue weighted by atomic mass is 9.95. The van der Waals surface area contributed by atoms with Crippen LogP contribution in [0.25, 0.3) is 21.5 Å². The van der Waals surface area contributed by atoms with Crippen molar-refractivity contribution in [1.29, 1.82) is 0 Å². The summed E-state index contributed by atoms with van der Waals surface area (Å²) in [5.41, 5.74) is 2.24. The van der Waals surface area contributed by atoms with Gasteiger partial charge in [0.15, 0.2) is 0 Å². The standard InChI is InChI=1S/C27H26N2O/c30-27(28-26-16-6-11-21-9-2-4-15-25(21)26)23-13-7-17-29(19-23)18-22-12-5-10-20-8-1-3-14-24(20)22/h1-6,8-12,14-16,23H,7,13,17-19H2,(H,28,30). The van der Waals surface area contributed by atoms with Crippen LogP contribution in [0.5, 0.6) is 0 Å². The molecule has 0 aromatic heterocycles. The molecule has 1 unspecified atom stereocenters. The van der Waals surface area contributed by atoms with Gasteiger partial charge in [-0.25, -0.2) is 0 Å². The van der Waals surface area contributed by atoms with Crippen LogP contribution >= 0.6 is 0 Å². The van der Waals surface area contributed by atoms with Crippen LogP contribution in [-0.2, 0) is 11.3 Å². The van der Waals surface area contributed by atoms with Crippen molar-refractivity contribution in [1.82, 2.24) is 4.90 Å². The average Bonchev–Trinajstić information content (AvgIpc) is 2.80. The maximum absolute atomic E-state index is 13.1. The van der Waals surface area contributed by atoms with Gasteiger partial charge >= 0.3 is 0 Å². The van der Waals surface area contributed by atoms with Gasteiger partial charge in [0.1, 0.15) is 0 Å². The number of anilines is 1. The molecule has 1 N–H and O–H groups in total. The van der Waals surface area contributed by atoms with Gasteiger partial charge in [-0.2, -0.15) is 0 Å². The van der Waals surface area contributed by atoms with Crippen molar-refractivity contribution < 1.29 is 4.79 Å². The molecule has 1 aliphatic heterocycles. The van der Waals surface area contributed by atoms with Crippen molar-refractivity contribution in [3.8, 4) is 0 Å². The topological polar surface area (TPSA) is 32.3 Å². The van der Waals surface area contributed by atoms with E-state index in [2.05, 4.69) is 70.9 Å². The van der Waals surface area contributed by atoms with Crippen molar-refractivity contribution in [3.63, 3.8) is 0 Å². The average molecular weight is 395 g/mol. The third-order valence-electron chi connectivity index (χ3n) is 6.20. The van der Waals surface area contributed by atoms with Crippen LogP contribution in [0.15, 0.2) is 84.9 Å². The Morgan fingerprint density at radius 3 is 2.33 bits per heavy atom. The Morgan fingerprint density at radius 2 is 1.50 bits per heavy atom. The molecule has 4 aromatic rings. The van der Waals surface area contributed by atoms with Crippen LogP contribution in [0.3, 0.4) is 0 Å². The first kappa shape index (κ1) is 18.8. The minimum absolute atomic E-state index is 0.0210. The lowest BCUT2D eigenvalue weighted by Gasteiger charge is -2.32. The molecule has 3 heteroatoms. The van der Waals surface area contributed by atoms with Gasteiger partial charge < -0.3 is 5.32 Å². The number of benzene rings is 4. The summed E-state index contributed by atoms with van der Waals surface area (Å²) in [4.78, 5) is 15.5. The first-order valence-electron chi connectivity index (χ1n) is 10.8. The molecule has 1 aliphatic rings. The highest BCUT2D eigenvalue weighted by Crippen LogP contribution is 2.26. The Labute approximate surface area is 177 Å². The zero-order chi connectivity index (χ0) is 20.3. The molecule has 150 valence electrons. The molecular formula is C27H26N2O. The molecule has 0 bridgehead atoms. The largest absolute Gasteiger partial charge is 0.325 e. The van der Waals surface area contributed by atoms with Gasteiger partial charge in [0.2, 0.25) is 5.91 Å². The molecule has 4 aromatic carbocycles. The third kappa shape index (κ3) is 3.81. The Hall–Kier alpha value is -3.17. The number of carbonyl (C=O) groups excluding carboxylic acids is 1. The minimum atomic E-state index is 0.0210. The molecule has 1 heterocycles. The number of hydrogen-bond donors (Lipinski definition) is 1. The van der Waals surface area contributed by atoms with Crippen molar-refractivity contribution in [2.45, 2.75) is 19.4 Å². The molecule has 0 radical (unpaired) electrons. The van der Waals surface area contributed by atoms with E-state index in [0.717, 1.165) is 48.9 Å². The lowest BCUT2D eigenvalue weighted by Crippen LogP contribution is -2.40. The number of nitrogens with zero attached hydrogens (tertiary/aromatic N) is 1. The number of likely N-dealkylation sites (tertiary alicyclic amines) is 1. The van der Waals surface area contributed by atoms with Crippen molar-refractivity contribution in [2.24, 2.45) is 5.92 Å². The maximum atomic E-state index is 13.1. The summed E-state index contributed by atoms with van der Waals surface area (Å²) in [6.07, 6.45) is 2.00. The number of fused-ring (bicyclic) bond motifs is 2. The summed E-state index contributed by atoms with van der Waals surface area (Å²) in [5.74, 6) is 0.154. The zero-order valence-electron chi connectivity index (χ0n) is 17.1. The summed E-state index contributed by atoms with van der Waals surface area (Å²) in [6.45, 7) is 2.74. The number of carbonyl (C=O) groups is 1. The Bertz CT molecular complexity index is 1190. The number of amides is 1. The normalized spacial score (nSPS) is 17.3. The van der Waals surface area contributed by atoms with E-state index >= 15 is 0 Å². The van der Waals surface area contributed by atoms with E-state index in [1.807, 2.05) is 24.3 Å². The van der Waals surface area contributed by atoms with Crippen molar-refractivity contribution in [2.75, 3.05) is 18.4 Å². The summed E-state index contributed by atoms with van der Waals surface area (Å²) in [7, 11) is 0. The second-order valence-corrected chi connectivity index (χ2v) is 8.23. The van der Waals surface area contributed by atoms with Gasteiger partial charge in [0.25, 0.3) is 0 Å². The maximum Gasteiger partial charge on any atom is 0.228 e. The fourth-order valence-corrected chi connectivity index (χ4v) is 4.65. The highest BCUT2D eigenvalue weighted by atomic mass is 16.1. The summed E-state index contributed by atoms with van der Waals surface area (Å²) in [6, 6.07) is 29.3. The van der Waals surface area contributed by atoms with E-state index in [1.165, 1.54) is 16.3 Å². The van der Waals surface area contributed by atoms with E-state index in [9.17, 15) is 4.79 Å². The Balaban J connectivity index is 1.31. The van der Waals surface area contributed by atoms with E-state index in [4.69, 9.17) is 0 Å². The molecule has 3 nitrogen and oxygen atoms in total. The van der Waals surface area contributed by atoms with E-state index in [0.29, 0.717) is 0 Å². The second-order valence-electron chi connectivity index (χ2n) is 8.23. The number of hydrogen-bond acceptors (Lipinski definition) is 2. The number of piperidine rings is 1. The Morgan fingerprint density at radius 1 is 0.833 bits per heavy atom. The fraction of sp³-hybridized carbons (Fsp3) is 0.222. The van der Waals surface area contributed by atoms with Gasteiger partial charge in [-0.15, -0.1) is 0 Å². The predicted molar refractivity (Wildman–Crippen MR) is 125 cm³/mol. The van der Waals surface area contributed by atoms with Crippen LogP contribution in [0.2, 0.25) is 0 Å². The molecule has 1 fully saturated rings. The van der Waals surface area contributed by atoms with Gasteiger partial charge in [0, 0.05) is 24.2 Å². The van der Waals surface area contributed by atoms with Gasteiger partial charge in [0.05, 0.1) is 5.92 Å². The van der Waals surface area contributed by atoms with E-state index in [1.54, 1.807) is 0 Å². The number of rotatable bonds is 4. The highest BCUT2D eigenvalue weighted by molar-refractivity contribution is 6.02. The predicted octanol–water partition coefficient (Wildman–Crippen LogP) is 5.84. The summed E-state index contributed by atoms with van der Waals surface area (Å²) in [5, 5.41) is 8.03. The molecule has 1 saturated heterocycles. The molecule has 1 atom stereocenters. The van der Waals surface area contributed by atoms with E-state index in [-0.39, 0.29) is 11.8 Å². The second kappa shape index (κ2) is 8.29. The quantitative estimate of drug-likeness (QED) is 0.471. The molecular weight excluding hydrogens is 368 g/mol. The van der Waals surface area contributed by atoms with Gasteiger partial charge in [-0.3, -0.25) is 9.69 Å². The fourth-order valence-electron chi connectivity index (χ4n) is 4.65. The first-order chi connectivity index (χ1) is 14.8. The highest BCUT2D eigenvalue weighted by Gasteiger charge is 2.26. The molecule has 0 aliphatic carbocycles. The van der Waals surface area contributed by atoms with Crippen LogP contribution in [0, 0.1) is 5.92 Å². The zero-order valence-corrected chi connectivity index (χ0v) is 17.1. The van der Waals surface area contributed by atoms with Crippen molar-refractivity contribution in [3.05, 3.63) is 90.5 Å². The number of nitrogens with one attached hydrogen (secondary N) is 1. The first-order valence-corrected chi connectivity index (χ1v) is 10.8. The molecule has 0 saturated carbocycles. The molecule has 1 amide bonds. The SMILES string of the molecule is O=C(Nc1cccc2ccccc12)C1CCCN(Cc2cccc3ccccc23)C1. The molecule has 5 rings (SSSR count). The smallest absolute Gasteiger partial charge is 0.228 e. The van der Waals surface area contributed by atoms with Crippen LogP contribution < -0.4 is 5.32 Å². The summed E-state index contributed by atoms with van der Waals surface area (Å²) < 4.78 is 0. The lowest BCUT2D eigenvalue weighted by molar-refractivity contribution is -0.121.